The first-order valence-electron chi connectivity index (χ1n) is 9.95. The third kappa shape index (κ3) is 3.65. The van der Waals surface area contributed by atoms with Crippen LogP contribution in [0.15, 0.2) is 36.4 Å². The van der Waals surface area contributed by atoms with E-state index in [9.17, 15) is 10.1 Å². The van der Waals surface area contributed by atoms with Crippen molar-refractivity contribution in [2.75, 3.05) is 36.0 Å². The number of anilines is 2. The van der Waals surface area contributed by atoms with Crippen molar-refractivity contribution < 1.29 is 9.90 Å². The van der Waals surface area contributed by atoms with E-state index in [0.29, 0.717) is 21.6 Å². The summed E-state index contributed by atoms with van der Waals surface area (Å²) in [6.45, 7) is 5.98. The summed E-state index contributed by atoms with van der Waals surface area (Å²) in [5.41, 5.74) is 4.38. The molecular weight excluding hydrogens is 386 g/mol. The molecule has 2 aliphatic heterocycles. The maximum atomic E-state index is 11.0. The molecule has 0 bridgehead atoms. The van der Waals surface area contributed by atoms with Crippen molar-refractivity contribution in [3.8, 4) is 6.07 Å². The molecular formula is C23H24ClN3O2. The summed E-state index contributed by atoms with van der Waals surface area (Å²) in [7, 11) is 0. The molecule has 0 unspecified atom stereocenters. The lowest BCUT2D eigenvalue weighted by Crippen LogP contribution is -2.41. The number of nitriles is 1. The Hall–Kier alpha value is -2.71. The van der Waals surface area contributed by atoms with Crippen LogP contribution in [0.4, 0.5) is 11.4 Å². The summed E-state index contributed by atoms with van der Waals surface area (Å²) in [6.07, 6.45) is 3.40. The molecule has 2 aromatic rings. The van der Waals surface area contributed by atoms with Gasteiger partial charge in [-0.3, -0.25) is 0 Å². The van der Waals surface area contributed by atoms with E-state index in [1.54, 1.807) is 12.1 Å². The summed E-state index contributed by atoms with van der Waals surface area (Å²) in [5, 5.41) is 18.8. The molecule has 1 spiro atoms. The lowest BCUT2D eigenvalue weighted by molar-refractivity contribution is 0.0697. The molecule has 2 saturated heterocycles. The van der Waals surface area contributed by atoms with Crippen LogP contribution >= 0.6 is 11.6 Å². The minimum absolute atomic E-state index is 0.310. The first kappa shape index (κ1) is 19.6. The van der Waals surface area contributed by atoms with Gasteiger partial charge in [0.25, 0.3) is 0 Å². The van der Waals surface area contributed by atoms with Crippen LogP contribution in [0, 0.1) is 23.7 Å². The Labute approximate surface area is 176 Å². The quantitative estimate of drug-likeness (QED) is 0.794. The fourth-order valence-corrected chi connectivity index (χ4v) is 4.91. The highest BCUT2D eigenvalue weighted by Crippen LogP contribution is 2.44. The minimum atomic E-state index is -0.890. The number of halogens is 1. The smallest absolute Gasteiger partial charge is 0.335 e. The Bertz CT molecular complexity index is 973. The maximum Gasteiger partial charge on any atom is 0.335 e. The van der Waals surface area contributed by atoms with Crippen molar-refractivity contribution >= 4 is 28.9 Å². The lowest BCUT2D eigenvalue weighted by atomic mass is 9.77. The highest BCUT2D eigenvalue weighted by Gasteiger charge is 2.41. The van der Waals surface area contributed by atoms with Gasteiger partial charge in [-0.15, -0.1) is 0 Å². The Balaban J connectivity index is 1.43. The van der Waals surface area contributed by atoms with Crippen LogP contribution < -0.4 is 9.80 Å². The largest absolute Gasteiger partial charge is 0.478 e. The van der Waals surface area contributed by atoms with Crippen molar-refractivity contribution in [2.45, 2.75) is 26.2 Å². The monoisotopic (exact) mass is 409 g/mol. The second kappa shape index (κ2) is 7.61. The molecule has 0 amide bonds. The Morgan fingerprint density at radius 2 is 1.69 bits per heavy atom. The van der Waals surface area contributed by atoms with Crippen LogP contribution in [0.2, 0.25) is 5.02 Å². The second-order valence-electron chi connectivity index (χ2n) is 8.19. The SMILES string of the molecule is Cc1c(N2CCC3(CCN(c4ccc(C(=O)O)cc4)CC3)C2)ccc(C#N)c1Cl. The number of carbonyl (C=O) groups is 1. The average molecular weight is 410 g/mol. The van der Waals surface area contributed by atoms with E-state index in [1.165, 1.54) is 0 Å². The standard InChI is InChI=1S/C23H24ClN3O2/c1-16-20(7-4-18(14-25)21(16)24)27-13-10-23(15-27)8-11-26(12-9-23)19-5-2-17(3-6-19)22(28)29/h2-7H,8-13,15H2,1H3,(H,28,29). The van der Waals surface area contributed by atoms with Gasteiger partial charge in [0.2, 0.25) is 0 Å². The van der Waals surface area contributed by atoms with E-state index in [2.05, 4.69) is 15.9 Å². The molecule has 6 heteroatoms. The molecule has 2 aromatic carbocycles. The highest BCUT2D eigenvalue weighted by molar-refractivity contribution is 6.32. The molecule has 150 valence electrons. The molecule has 2 aliphatic rings. The molecule has 0 aromatic heterocycles. The van der Waals surface area contributed by atoms with Gasteiger partial charge in [0.1, 0.15) is 6.07 Å². The molecule has 4 rings (SSSR count). The first-order chi connectivity index (χ1) is 13.9. The van der Waals surface area contributed by atoms with Gasteiger partial charge < -0.3 is 14.9 Å². The van der Waals surface area contributed by atoms with Gasteiger partial charge in [0.15, 0.2) is 0 Å². The predicted molar refractivity (Wildman–Crippen MR) is 115 cm³/mol. The van der Waals surface area contributed by atoms with Gasteiger partial charge in [-0.25, -0.2) is 4.79 Å². The molecule has 2 fully saturated rings. The van der Waals surface area contributed by atoms with Crippen LogP contribution in [0.25, 0.3) is 0 Å². The number of benzene rings is 2. The Morgan fingerprint density at radius 3 is 2.28 bits per heavy atom. The van der Waals surface area contributed by atoms with Gasteiger partial charge in [0, 0.05) is 37.6 Å². The fraction of sp³-hybridized carbons (Fsp3) is 0.391. The Morgan fingerprint density at radius 1 is 1.07 bits per heavy atom. The lowest BCUT2D eigenvalue weighted by Gasteiger charge is -2.40. The zero-order valence-electron chi connectivity index (χ0n) is 16.5. The van der Waals surface area contributed by atoms with Crippen molar-refractivity contribution in [1.82, 2.24) is 0 Å². The molecule has 0 saturated carbocycles. The van der Waals surface area contributed by atoms with Gasteiger partial charge >= 0.3 is 5.97 Å². The zero-order valence-corrected chi connectivity index (χ0v) is 17.2. The third-order valence-electron chi connectivity index (χ3n) is 6.56. The van der Waals surface area contributed by atoms with E-state index in [4.69, 9.17) is 16.7 Å². The number of carboxylic acid groups (broad SMARTS) is 1. The van der Waals surface area contributed by atoms with Gasteiger partial charge in [-0.2, -0.15) is 5.26 Å². The third-order valence-corrected chi connectivity index (χ3v) is 7.05. The van der Waals surface area contributed by atoms with Crippen LogP contribution in [-0.2, 0) is 0 Å². The molecule has 0 radical (unpaired) electrons. The summed E-state index contributed by atoms with van der Waals surface area (Å²) in [5.74, 6) is -0.890. The van der Waals surface area contributed by atoms with Gasteiger partial charge in [-0.1, -0.05) is 11.6 Å². The van der Waals surface area contributed by atoms with E-state index in [1.807, 2.05) is 31.2 Å². The Kier molecular flexibility index (Phi) is 5.14. The van der Waals surface area contributed by atoms with Crippen molar-refractivity contribution in [3.63, 3.8) is 0 Å². The minimum Gasteiger partial charge on any atom is -0.478 e. The molecule has 0 aliphatic carbocycles. The number of rotatable bonds is 3. The fourth-order valence-electron chi connectivity index (χ4n) is 4.71. The average Bonchev–Trinajstić information content (AvgIpc) is 3.14. The van der Waals surface area contributed by atoms with Crippen molar-refractivity contribution in [3.05, 3.63) is 58.1 Å². The maximum absolute atomic E-state index is 11.0. The highest BCUT2D eigenvalue weighted by atomic mass is 35.5. The van der Waals surface area contributed by atoms with E-state index >= 15 is 0 Å². The van der Waals surface area contributed by atoms with E-state index in [-0.39, 0.29) is 0 Å². The number of aromatic carboxylic acids is 1. The molecule has 1 N–H and O–H groups in total. The summed E-state index contributed by atoms with van der Waals surface area (Å²) in [4.78, 5) is 15.8. The van der Waals surface area contributed by atoms with Crippen LogP contribution in [0.1, 0.15) is 40.7 Å². The second-order valence-corrected chi connectivity index (χ2v) is 8.57. The summed E-state index contributed by atoms with van der Waals surface area (Å²) < 4.78 is 0. The van der Waals surface area contributed by atoms with Gasteiger partial charge in [0.05, 0.1) is 16.1 Å². The van der Waals surface area contributed by atoms with Gasteiger partial charge in [-0.05, 0) is 73.6 Å². The molecule has 29 heavy (non-hydrogen) atoms. The molecule has 5 nitrogen and oxygen atoms in total. The number of nitrogens with zero attached hydrogens (tertiary/aromatic N) is 3. The number of piperidine rings is 1. The van der Waals surface area contributed by atoms with Crippen LogP contribution in [-0.4, -0.2) is 37.3 Å². The van der Waals surface area contributed by atoms with Crippen LogP contribution in [0.5, 0.6) is 0 Å². The normalized spacial score (nSPS) is 18.1. The first-order valence-corrected chi connectivity index (χ1v) is 10.3. The summed E-state index contributed by atoms with van der Waals surface area (Å²) >= 11 is 6.38. The topological polar surface area (TPSA) is 67.6 Å². The number of hydrogen-bond acceptors (Lipinski definition) is 4. The summed E-state index contributed by atoms with van der Waals surface area (Å²) in [6, 6.07) is 13.2. The zero-order chi connectivity index (χ0) is 20.6. The van der Waals surface area contributed by atoms with Crippen LogP contribution in [0.3, 0.4) is 0 Å². The van der Waals surface area contributed by atoms with E-state index < -0.39 is 5.97 Å². The predicted octanol–water partition coefficient (Wildman–Crippen LogP) is 4.72. The van der Waals surface area contributed by atoms with Crippen molar-refractivity contribution in [2.24, 2.45) is 5.41 Å². The molecule has 2 heterocycles. The number of carboxylic acids is 1. The van der Waals surface area contributed by atoms with Crippen molar-refractivity contribution in [1.29, 1.82) is 5.26 Å². The van der Waals surface area contributed by atoms with E-state index in [0.717, 1.165) is 62.4 Å². The molecule has 0 atom stereocenters. The number of hydrogen-bond donors (Lipinski definition) is 1.